The molecule has 1 spiro atoms. The van der Waals surface area contributed by atoms with Crippen molar-refractivity contribution in [1.82, 2.24) is 4.90 Å². The van der Waals surface area contributed by atoms with Crippen LogP contribution in [0, 0.1) is 37.5 Å². The molecule has 1 aromatic rings. The van der Waals surface area contributed by atoms with Gasteiger partial charge in [0.15, 0.2) is 0 Å². The van der Waals surface area contributed by atoms with Gasteiger partial charge >= 0.3 is 5.97 Å². The lowest BCUT2D eigenvalue weighted by Crippen LogP contribution is -2.60. The number of amides is 2. The molecule has 8 heteroatoms. The molecule has 3 heterocycles. The number of esters is 1. The van der Waals surface area contributed by atoms with E-state index < -0.39 is 41.1 Å². The molecule has 3 aliphatic heterocycles. The molecule has 7 atom stereocenters. The van der Waals surface area contributed by atoms with E-state index >= 15 is 0 Å². The molecule has 3 fully saturated rings. The van der Waals surface area contributed by atoms with E-state index in [0.717, 1.165) is 16.8 Å². The second-order valence-electron chi connectivity index (χ2n) is 11.9. The van der Waals surface area contributed by atoms with E-state index in [1.807, 2.05) is 59.7 Å². The second kappa shape index (κ2) is 10.5. The number of aliphatic hydroxyl groups is 1. The normalized spacial score (nSPS) is 31.8. The van der Waals surface area contributed by atoms with Crippen LogP contribution in [0.4, 0.5) is 5.69 Å². The highest BCUT2D eigenvalue weighted by molar-refractivity contribution is 6.05. The summed E-state index contributed by atoms with van der Waals surface area (Å²) in [6, 6.07) is 4.23. The molecule has 0 saturated carbocycles. The summed E-state index contributed by atoms with van der Waals surface area (Å²) in [5, 5.41) is 10.5. The van der Waals surface area contributed by atoms with Gasteiger partial charge in [0, 0.05) is 12.2 Å². The van der Waals surface area contributed by atoms with Crippen LogP contribution >= 0.6 is 0 Å². The Labute approximate surface area is 231 Å². The van der Waals surface area contributed by atoms with Crippen LogP contribution in [0.1, 0.15) is 45.2 Å². The number of nitrogens with zero attached hydrogens (tertiary/aromatic N) is 2. The van der Waals surface area contributed by atoms with Crippen LogP contribution in [-0.4, -0.2) is 70.8 Å². The number of anilines is 1. The van der Waals surface area contributed by atoms with Crippen molar-refractivity contribution >= 4 is 23.5 Å². The van der Waals surface area contributed by atoms with Gasteiger partial charge in [-0.25, -0.2) is 0 Å². The molecule has 2 amide bonds. The zero-order valence-corrected chi connectivity index (χ0v) is 24.0. The van der Waals surface area contributed by atoms with Gasteiger partial charge in [-0.3, -0.25) is 14.4 Å². The Kier molecular flexibility index (Phi) is 7.85. The highest BCUT2D eigenvalue weighted by Crippen LogP contribution is 2.66. The van der Waals surface area contributed by atoms with Crippen molar-refractivity contribution in [2.24, 2.45) is 23.7 Å². The maximum atomic E-state index is 14.8. The third-order valence-corrected chi connectivity index (χ3v) is 9.13. The number of benzene rings is 1. The minimum Gasteiger partial charge on any atom is -0.461 e. The first-order chi connectivity index (χ1) is 18.4. The van der Waals surface area contributed by atoms with E-state index in [4.69, 9.17) is 9.47 Å². The molecular weight excluding hydrogens is 496 g/mol. The summed E-state index contributed by atoms with van der Waals surface area (Å²) in [4.78, 5) is 45.8. The Bertz CT molecular complexity index is 1180. The van der Waals surface area contributed by atoms with Crippen LogP contribution in [-0.2, 0) is 23.9 Å². The zero-order valence-electron chi connectivity index (χ0n) is 24.0. The average Bonchev–Trinajstić information content (AvgIpc) is 3.39. The average molecular weight is 539 g/mol. The Morgan fingerprint density at radius 3 is 2.56 bits per heavy atom. The highest BCUT2D eigenvalue weighted by Gasteiger charge is 2.81. The summed E-state index contributed by atoms with van der Waals surface area (Å²) >= 11 is 0. The summed E-state index contributed by atoms with van der Waals surface area (Å²) in [5.74, 6) is -3.23. The maximum Gasteiger partial charge on any atom is 0.313 e. The fraction of sp³-hybridized carbons (Fsp3) is 0.581. The van der Waals surface area contributed by atoms with Crippen molar-refractivity contribution in [1.29, 1.82) is 0 Å². The smallest absolute Gasteiger partial charge is 0.313 e. The SMILES string of the molecule is C=CCOC(=O)[C@@H]1[C@H]2C(=O)N([C@@H](CO)C(C)C)C(C(=O)N(CC=C)c3cc(C)ccc3C)C23CC(C)[C@@]1(C)O3. The van der Waals surface area contributed by atoms with Crippen LogP contribution in [0.5, 0.6) is 0 Å². The first kappa shape index (κ1) is 29.0. The fourth-order valence-corrected chi connectivity index (χ4v) is 7.12. The van der Waals surface area contributed by atoms with Crippen molar-refractivity contribution < 1.29 is 29.0 Å². The van der Waals surface area contributed by atoms with E-state index in [0.29, 0.717) is 6.42 Å². The topological polar surface area (TPSA) is 96.4 Å². The van der Waals surface area contributed by atoms with Gasteiger partial charge in [-0.2, -0.15) is 0 Å². The van der Waals surface area contributed by atoms with Crippen LogP contribution in [0.3, 0.4) is 0 Å². The monoisotopic (exact) mass is 538 g/mol. The minimum absolute atomic E-state index is 0.0186. The van der Waals surface area contributed by atoms with E-state index in [1.165, 1.54) is 11.0 Å². The van der Waals surface area contributed by atoms with Gasteiger partial charge in [-0.15, -0.1) is 6.58 Å². The number of carbonyl (C=O) groups is 3. The molecule has 0 radical (unpaired) electrons. The fourth-order valence-electron chi connectivity index (χ4n) is 7.12. The van der Waals surface area contributed by atoms with Crippen molar-refractivity contribution in [3.63, 3.8) is 0 Å². The summed E-state index contributed by atoms with van der Waals surface area (Å²) in [5.41, 5.74) is 0.419. The minimum atomic E-state index is -1.24. The molecule has 1 N–H and O–H groups in total. The number of carbonyl (C=O) groups excluding carboxylic acids is 3. The Morgan fingerprint density at radius 2 is 1.97 bits per heavy atom. The first-order valence-corrected chi connectivity index (χ1v) is 13.8. The third kappa shape index (κ3) is 4.32. The molecular formula is C31H42N2O6. The molecule has 8 nitrogen and oxygen atoms in total. The number of rotatable bonds is 10. The number of hydrogen-bond donors (Lipinski definition) is 1. The van der Waals surface area contributed by atoms with Crippen molar-refractivity contribution in [3.8, 4) is 0 Å². The molecule has 0 aromatic heterocycles. The van der Waals surface area contributed by atoms with Gasteiger partial charge in [0.1, 0.15) is 24.2 Å². The molecule has 212 valence electrons. The molecule has 39 heavy (non-hydrogen) atoms. The van der Waals surface area contributed by atoms with E-state index in [1.54, 1.807) is 11.0 Å². The van der Waals surface area contributed by atoms with Gasteiger partial charge in [-0.1, -0.05) is 51.6 Å². The van der Waals surface area contributed by atoms with Gasteiger partial charge in [0.05, 0.1) is 24.2 Å². The molecule has 1 aromatic carbocycles. The Morgan fingerprint density at radius 1 is 1.28 bits per heavy atom. The molecule has 0 aliphatic carbocycles. The Hall–Kier alpha value is -2.97. The lowest BCUT2D eigenvalue weighted by molar-refractivity contribution is -0.162. The van der Waals surface area contributed by atoms with E-state index in [-0.39, 0.29) is 43.4 Å². The molecule has 3 aliphatic rings. The van der Waals surface area contributed by atoms with Crippen LogP contribution in [0.15, 0.2) is 43.5 Å². The number of fused-ring (bicyclic) bond motifs is 1. The number of ether oxygens (including phenoxy) is 2. The maximum absolute atomic E-state index is 14.8. The number of aryl methyl sites for hydroxylation is 2. The summed E-state index contributed by atoms with van der Waals surface area (Å²) in [6.07, 6.45) is 3.58. The first-order valence-electron chi connectivity index (χ1n) is 13.8. The predicted molar refractivity (Wildman–Crippen MR) is 149 cm³/mol. The zero-order chi connectivity index (χ0) is 28.9. The third-order valence-electron chi connectivity index (χ3n) is 9.13. The van der Waals surface area contributed by atoms with Crippen molar-refractivity contribution in [2.45, 2.75) is 71.2 Å². The second-order valence-corrected chi connectivity index (χ2v) is 11.9. The lowest BCUT2D eigenvalue weighted by Gasteiger charge is -2.41. The molecule has 3 saturated heterocycles. The summed E-state index contributed by atoms with van der Waals surface area (Å²) in [6.45, 7) is 19.0. The summed E-state index contributed by atoms with van der Waals surface area (Å²) in [7, 11) is 0. The van der Waals surface area contributed by atoms with E-state index in [2.05, 4.69) is 13.2 Å². The van der Waals surface area contributed by atoms with Gasteiger partial charge < -0.3 is 24.4 Å². The lowest BCUT2D eigenvalue weighted by atomic mass is 9.62. The van der Waals surface area contributed by atoms with Crippen LogP contribution in [0.2, 0.25) is 0 Å². The predicted octanol–water partition coefficient (Wildman–Crippen LogP) is 3.58. The molecule has 4 rings (SSSR count). The Balaban J connectivity index is 1.91. The van der Waals surface area contributed by atoms with Crippen molar-refractivity contribution in [3.05, 3.63) is 54.6 Å². The molecule has 3 unspecified atom stereocenters. The van der Waals surface area contributed by atoms with Crippen LogP contribution in [0.25, 0.3) is 0 Å². The van der Waals surface area contributed by atoms with Crippen LogP contribution < -0.4 is 4.90 Å². The number of aliphatic hydroxyl groups excluding tert-OH is 1. The standard InChI is InChI=1S/C31H42N2O6/c1-9-13-32(22-15-19(5)11-12-20(22)6)28(36)26-31-16-21(7)30(8,39-31)25(29(37)38-14-10-2)24(31)27(35)33(26)23(17-34)18(3)4/h9-12,15,18,21,23-26,34H,1-2,13-14,16-17H2,3-8H3/t21?,23-,24-,25-,26?,30+,31?/m0/s1. The largest absolute Gasteiger partial charge is 0.461 e. The summed E-state index contributed by atoms with van der Waals surface area (Å²) < 4.78 is 12.3. The van der Waals surface area contributed by atoms with E-state index in [9.17, 15) is 19.5 Å². The quantitative estimate of drug-likeness (QED) is 0.361. The number of likely N-dealkylation sites (tertiary alicyclic amines) is 1. The van der Waals surface area contributed by atoms with Gasteiger partial charge in [0.25, 0.3) is 5.91 Å². The van der Waals surface area contributed by atoms with Gasteiger partial charge in [0.2, 0.25) is 5.91 Å². The number of hydrogen-bond acceptors (Lipinski definition) is 6. The molecule has 2 bridgehead atoms. The van der Waals surface area contributed by atoms with Crippen molar-refractivity contribution in [2.75, 3.05) is 24.7 Å². The highest BCUT2D eigenvalue weighted by atomic mass is 16.6. The van der Waals surface area contributed by atoms with Gasteiger partial charge in [-0.05, 0) is 56.2 Å².